The highest BCUT2D eigenvalue weighted by atomic mass is 16.2. The standard InChI is InChI=1S/C24H28N2O2/c1-17(2)16-25-22(27)21-19-12-6-7-13-20(19)23(28)26(18-10-4-3-5-11-18)24(21)14-8-9-15-24/h3-7,10-13,17,21H,8-9,14-16H2,1-2H3,(H,25,27)/t21-/m1/s1. The van der Waals surface area contributed by atoms with Crippen LogP contribution in [0.5, 0.6) is 0 Å². The zero-order valence-corrected chi connectivity index (χ0v) is 16.7. The molecule has 0 bridgehead atoms. The van der Waals surface area contributed by atoms with Crippen LogP contribution in [0.15, 0.2) is 54.6 Å². The lowest BCUT2D eigenvalue weighted by atomic mass is 9.70. The van der Waals surface area contributed by atoms with Crippen LogP contribution in [0.2, 0.25) is 0 Å². The maximum absolute atomic E-state index is 13.6. The van der Waals surface area contributed by atoms with Crippen LogP contribution < -0.4 is 10.2 Å². The summed E-state index contributed by atoms with van der Waals surface area (Å²) >= 11 is 0. The molecular formula is C24H28N2O2. The second-order valence-electron chi connectivity index (χ2n) is 8.45. The van der Waals surface area contributed by atoms with Crippen LogP contribution in [0, 0.1) is 5.92 Å². The molecule has 1 heterocycles. The van der Waals surface area contributed by atoms with Gasteiger partial charge in [-0.25, -0.2) is 0 Å². The summed E-state index contributed by atoms with van der Waals surface area (Å²) in [7, 11) is 0. The molecule has 1 N–H and O–H groups in total. The van der Waals surface area contributed by atoms with E-state index < -0.39 is 5.54 Å². The fourth-order valence-corrected chi connectivity index (χ4v) is 4.93. The number of hydrogen-bond donors (Lipinski definition) is 1. The highest BCUT2D eigenvalue weighted by Gasteiger charge is 2.56. The van der Waals surface area contributed by atoms with Crippen LogP contribution in [-0.4, -0.2) is 23.9 Å². The number of carbonyl (C=O) groups is 2. The number of anilines is 1. The number of rotatable bonds is 4. The van der Waals surface area contributed by atoms with E-state index >= 15 is 0 Å². The van der Waals surface area contributed by atoms with Crippen molar-refractivity contribution in [2.24, 2.45) is 5.92 Å². The minimum atomic E-state index is -0.492. The number of carbonyl (C=O) groups excluding carboxylic acids is 2. The third-order valence-corrected chi connectivity index (χ3v) is 6.12. The molecule has 28 heavy (non-hydrogen) atoms. The molecule has 4 heteroatoms. The smallest absolute Gasteiger partial charge is 0.259 e. The Hall–Kier alpha value is -2.62. The lowest BCUT2D eigenvalue weighted by Gasteiger charge is -2.50. The Labute approximate surface area is 166 Å². The van der Waals surface area contributed by atoms with Crippen molar-refractivity contribution in [2.75, 3.05) is 11.4 Å². The van der Waals surface area contributed by atoms with E-state index in [2.05, 4.69) is 19.2 Å². The van der Waals surface area contributed by atoms with Crippen LogP contribution >= 0.6 is 0 Å². The van der Waals surface area contributed by atoms with Crippen molar-refractivity contribution >= 4 is 17.5 Å². The fraction of sp³-hybridized carbons (Fsp3) is 0.417. The van der Waals surface area contributed by atoms with Crippen molar-refractivity contribution < 1.29 is 9.59 Å². The van der Waals surface area contributed by atoms with Crippen LogP contribution in [0.4, 0.5) is 5.69 Å². The Morgan fingerprint density at radius 3 is 2.39 bits per heavy atom. The molecule has 0 aromatic heterocycles. The third kappa shape index (κ3) is 3.01. The SMILES string of the molecule is CC(C)CNC(=O)[C@H]1c2ccccc2C(=O)N(c2ccccc2)C12CCCC2. The third-order valence-electron chi connectivity index (χ3n) is 6.12. The van der Waals surface area contributed by atoms with Gasteiger partial charge in [-0.3, -0.25) is 9.59 Å². The van der Waals surface area contributed by atoms with E-state index in [1.165, 1.54) is 0 Å². The fourth-order valence-electron chi connectivity index (χ4n) is 4.93. The summed E-state index contributed by atoms with van der Waals surface area (Å²) in [4.78, 5) is 29.0. The molecule has 4 nitrogen and oxygen atoms in total. The predicted molar refractivity (Wildman–Crippen MR) is 111 cm³/mol. The number of benzene rings is 2. The molecule has 0 saturated heterocycles. The van der Waals surface area contributed by atoms with Crippen LogP contribution in [-0.2, 0) is 4.79 Å². The second-order valence-corrected chi connectivity index (χ2v) is 8.45. The molecule has 1 atom stereocenters. The van der Waals surface area contributed by atoms with E-state index in [1.807, 2.05) is 59.5 Å². The Kier molecular flexibility index (Phi) is 4.96. The largest absolute Gasteiger partial charge is 0.355 e. The van der Waals surface area contributed by atoms with Gasteiger partial charge >= 0.3 is 0 Å². The Morgan fingerprint density at radius 1 is 1.07 bits per heavy atom. The topological polar surface area (TPSA) is 49.4 Å². The molecule has 2 amide bonds. The highest BCUT2D eigenvalue weighted by molar-refractivity contribution is 6.12. The summed E-state index contributed by atoms with van der Waals surface area (Å²) in [6.45, 7) is 4.84. The Morgan fingerprint density at radius 2 is 1.71 bits per heavy atom. The Balaban J connectivity index is 1.88. The van der Waals surface area contributed by atoms with E-state index in [4.69, 9.17) is 0 Å². The van der Waals surface area contributed by atoms with Gasteiger partial charge in [0.05, 0.1) is 11.5 Å². The van der Waals surface area contributed by atoms with Crippen molar-refractivity contribution in [3.63, 3.8) is 0 Å². The molecule has 0 radical (unpaired) electrons. The van der Waals surface area contributed by atoms with Crippen molar-refractivity contribution in [2.45, 2.75) is 51.0 Å². The lowest BCUT2D eigenvalue weighted by molar-refractivity contribution is -0.124. The monoisotopic (exact) mass is 376 g/mol. The normalized spacial score (nSPS) is 20.5. The lowest BCUT2D eigenvalue weighted by Crippen LogP contribution is -2.61. The molecular weight excluding hydrogens is 348 g/mol. The first-order valence-corrected chi connectivity index (χ1v) is 10.3. The number of amides is 2. The van der Waals surface area contributed by atoms with Crippen molar-refractivity contribution in [1.82, 2.24) is 5.32 Å². The van der Waals surface area contributed by atoms with Crippen molar-refractivity contribution in [3.8, 4) is 0 Å². The average molecular weight is 377 g/mol. The minimum Gasteiger partial charge on any atom is -0.355 e. The molecule has 1 aliphatic heterocycles. The minimum absolute atomic E-state index is 0.0107. The number of nitrogens with zero attached hydrogens (tertiary/aromatic N) is 1. The molecule has 2 aromatic carbocycles. The molecule has 1 spiro atoms. The first kappa shape index (κ1) is 18.7. The summed E-state index contributed by atoms with van der Waals surface area (Å²) in [6.07, 6.45) is 3.77. The van der Waals surface area contributed by atoms with Crippen LogP contribution in [0.1, 0.15) is 61.4 Å². The molecule has 2 aliphatic rings. The molecule has 146 valence electrons. The van der Waals surface area contributed by atoms with E-state index in [0.717, 1.165) is 36.9 Å². The number of hydrogen-bond acceptors (Lipinski definition) is 2. The van der Waals surface area contributed by atoms with Gasteiger partial charge in [0.15, 0.2) is 0 Å². The zero-order chi connectivity index (χ0) is 19.7. The number of fused-ring (bicyclic) bond motifs is 1. The number of para-hydroxylation sites is 1. The second kappa shape index (κ2) is 7.42. The molecule has 1 saturated carbocycles. The van der Waals surface area contributed by atoms with Gasteiger partial charge in [0.25, 0.3) is 5.91 Å². The maximum atomic E-state index is 13.6. The predicted octanol–water partition coefficient (Wildman–Crippen LogP) is 4.52. The van der Waals surface area contributed by atoms with Crippen LogP contribution in [0.25, 0.3) is 0 Å². The van der Waals surface area contributed by atoms with Gasteiger partial charge in [0.2, 0.25) is 5.91 Å². The molecule has 0 unspecified atom stereocenters. The van der Waals surface area contributed by atoms with E-state index in [9.17, 15) is 9.59 Å². The van der Waals surface area contributed by atoms with Gasteiger partial charge in [-0.15, -0.1) is 0 Å². The summed E-state index contributed by atoms with van der Waals surface area (Å²) in [5, 5.41) is 3.15. The van der Waals surface area contributed by atoms with Gasteiger partial charge in [0, 0.05) is 17.8 Å². The molecule has 4 rings (SSSR count). The number of nitrogens with one attached hydrogen (secondary N) is 1. The van der Waals surface area contributed by atoms with Gasteiger partial charge in [-0.2, -0.15) is 0 Å². The quantitative estimate of drug-likeness (QED) is 0.853. The summed E-state index contributed by atoms with van der Waals surface area (Å²) in [5.41, 5.74) is 1.91. The van der Waals surface area contributed by atoms with Crippen molar-refractivity contribution in [1.29, 1.82) is 0 Å². The van der Waals surface area contributed by atoms with E-state index in [-0.39, 0.29) is 17.7 Å². The summed E-state index contributed by atoms with van der Waals surface area (Å²) < 4.78 is 0. The first-order chi connectivity index (χ1) is 13.5. The van der Waals surface area contributed by atoms with Gasteiger partial charge in [-0.05, 0) is 42.5 Å². The first-order valence-electron chi connectivity index (χ1n) is 10.3. The molecule has 1 aliphatic carbocycles. The maximum Gasteiger partial charge on any atom is 0.259 e. The molecule has 1 fully saturated rings. The average Bonchev–Trinajstić information content (AvgIpc) is 3.17. The highest BCUT2D eigenvalue weighted by Crippen LogP contribution is 2.51. The zero-order valence-electron chi connectivity index (χ0n) is 16.7. The van der Waals surface area contributed by atoms with Crippen LogP contribution in [0.3, 0.4) is 0 Å². The van der Waals surface area contributed by atoms with Gasteiger partial charge < -0.3 is 10.2 Å². The van der Waals surface area contributed by atoms with Gasteiger partial charge in [-0.1, -0.05) is 63.1 Å². The molecule has 2 aromatic rings. The summed E-state index contributed by atoms with van der Waals surface area (Å²) in [6, 6.07) is 17.5. The van der Waals surface area contributed by atoms with E-state index in [1.54, 1.807) is 0 Å². The van der Waals surface area contributed by atoms with Crippen molar-refractivity contribution in [3.05, 3.63) is 65.7 Å². The summed E-state index contributed by atoms with van der Waals surface area (Å²) in [5.74, 6) is 0.0881. The Bertz CT molecular complexity index is 869. The van der Waals surface area contributed by atoms with E-state index in [0.29, 0.717) is 18.0 Å². The van der Waals surface area contributed by atoms with Gasteiger partial charge in [0.1, 0.15) is 0 Å².